The van der Waals surface area contributed by atoms with Gasteiger partial charge in [0.15, 0.2) is 9.84 Å². The lowest BCUT2D eigenvalue weighted by atomic mass is 9.85. The molecule has 7 nitrogen and oxygen atoms in total. The summed E-state index contributed by atoms with van der Waals surface area (Å²) < 4.78 is 23.3. The molecule has 2 atom stereocenters. The Morgan fingerprint density at radius 3 is 2.33 bits per heavy atom. The Balaban J connectivity index is 1.64. The molecule has 1 aromatic rings. The second-order valence-electron chi connectivity index (χ2n) is 6.70. The predicted octanol–water partition coefficient (Wildman–Crippen LogP) is 2.02. The van der Waals surface area contributed by atoms with Crippen molar-refractivity contribution in [1.29, 1.82) is 0 Å². The van der Waals surface area contributed by atoms with Crippen LogP contribution < -0.4 is 5.32 Å². The van der Waals surface area contributed by atoms with E-state index in [9.17, 15) is 22.8 Å². The van der Waals surface area contributed by atoms with Crippen molar-refractivity contribution in [3.05, 3.63) is 35.4 Å². The quantitative estimate of drug-likeness (QED) is 0.591. The molecule has 1 aliphatic carbocycles. The molecular formula is C18H19ClN2O5S. The average Bonchev–Trinajstić information content (AvgIpc) is 2.85. The van der Waals surface area contributed by atoms with Crippen molar-refractivity contribution in [2.45, 2.75) is 24.2 Å². The summed E-state index contributed by atoms with van der Waals surface area (Å²) in [7, 11) is -3.44. The third kappa shape index (κ3) is 4.06. The zero-order valence-electron chi connectivity index (χ0n) is 14.6. The van der Waals surface area contributed by atoms with Gasteiger partial charge in [-0.2, -0.15) is 0 Å². The third-order valence-electron chi connectivity index (χ3n) is 4.80. The summed E-state index contributed by atoms with van der Waals surface area (Å²) in [5.41, 5.74) is 0.168. The molecular weight excluding hydrogens is 392 g/mol. The monoisotopic (exact) mass is 410 g/mol. The van der Waals surface area contributed by atoms with Crippen molar-refractivity contribution < 1.29 is 22.8 Å². The highest BCUT2D eigenvalue weighted by molar-refractivity contribution is 7.90. The van der Waals surface area contributed by atoms with E-state index in [-0.39, 0.29) is 52.2 Å². The number of likely N-dealkylation sites (tertiary alicyclic amines) is 1. The fourth-order valence-corrected chi connectivity index (χ4v) is 4.16. The van der Waals surface area contributed by atoms with E-state index in [0.717, 1.165) is 11.2 Å². The van der Waals surface area contributed by atoms with Gasteiger partial charge in [-0.05, 0) is 31.0 Å². The van der Waals surface area contributed by atoms with Crippen LogP contribution in [0.1, 0.15) is 19.3 Å². The van der Waals surface area contributed by atoms with Gasteiger partial charge in [0.2, 0.25) is 17.7 Å². The molecule has 0 unspecified atom stereocenters. The summed E-state index contributed by atoms with van der Waals surface area (Å²) in [5.74, 6) is -1.59. The fraction of sp³-hybridized carbons (Fsp3) is 0.389. The SMILES string of the molecule is CS(=O)(=O)c1ccc(Cl)c(NC(=O)CCN2C(=O)[C@@H]3CC=CC[C@H]3C2=O)c1. The highest BCUT2D eigenvalue weighted by atomic mass is 35.5. The van der Waals surface area contributed by atoms with Crippen LogP contribution in [0.15, 0.2) is 35.2 Å². The first kappa shape index (κ1) is 19.6. The Morgan fingerprint density at radius 2 is 1.78 bits per heavy atom. The first-order chi connectivity index (χ1) is 12.7. The van der Waals surface area contributed by atoms with Gasteiger partial charge in [-0.15, -0.1) is 0 Å². The van der Waals surface area contributed by atoms with E-state index in [4.69, 9.17) is 11.6 Å². The topological polar surface area (TPSA) is 101 Å². The maximum absolute atomic E-state index is 12.4. The minimum absolute atomic E-state index is 0.0140. The number of imide groups is 1. The number of benzene rings is 1. The van der Waals surface area contributed by atoms with Crippen molar-refractivity contribution in [2.75, 3.05) is 18.1 Å². The molecule has 1 aliphatic heterocycles. The first-order valence-electron chi connectivity index (χ1n) is 8.48. The number of rotatable bonds is 5. The molecule has 1 heterocycles. The van der Waals surface area contributed by atoms with Gasteiger partial charge >= 0.3 is 0 Å². The molecule has 9 heteroatoms. The maximum atomic E-state index is 12.4. The summed E-state index contributed by atoms with van der Waals surface area (Å²) in [6, 6.07) is 4.02. The lowest BCUT2D eigenvalue weighted by Gasteiger charge is -2.15. The van der Waals surface area contributed by atoms with Crippen LogP contribution in [0.3, 0.4) is 0 Å². The lowest BCUT2D eigenvalue weighted by Crippen LogP contribution is -2.34. The number of carbonyl (C=O) groups is 3. The highest BCUT2D eigenvalue weighted by Gasteiger charge is 2.46. The molecule has 1 saturated heterocycles. The van der Waals surface area contributed by atoms with E-state index in [1.807, 2.05) is 12.2 Å². The Labute approximate surface area is 162 Å². The maximum Gasteiger partial charge on any atom is 0.233 e. The number of amides is 3. The number of nitrogens with zero attached hydrogens (tertiary/aromatic N) is 1. The van der Waals surface area contributed by atoms with Crippen LogP contribution in [0.5, 0.6) is 0 Å². The second-order valence-corrected chi connectivity index (χ2v) is 9.12. The number of hydrogen-bond acceptors (Lipinski definition) is 5. The Morgan fingerprint density at radius 1 is 1.19 bits per heavy atom. The van der Waals surface area contributed by atoms with Gasteiger partial charge in [-0.3, -0.25) is 19.3 Å². The molecule has 2 aliphatic rings. The molecule has 0 aromatic heterocycles. The number of hydrogen-bond donors (Lipinski definition) is 1. The van der Waals surface area contributed by atoms with Gasteiger partial charge in [0.05, 0.1) is 27.4 Å². The van der Waals surface area contributed by atoms with Crippen LogP contribution in [-0.4, -0.2) is 43.8 Å². The number of carbonyl (C=O) groups excluding carboxylic acids is 3. The lowest BCUT2D eigenvalue weighted by molar-refractivity contribution is -0.140. The van der Waals surface area contributed by atoms with E-state index in [1.165, 1.54) is 18.2 Å². The molecule has 0 spiro atoms. The summed E-state index contributed by atoms with van der Waals surface area (Å²) >= 11 is 6.01. The second kappa shape index (κ2) is 7.44. The Kier molecular flexibility index (Phi) is 5.39. The Hall–Kier alpha value is -2.19. The number of fused-ring (bicyclic) bond motifs is 1. The van der Waals surface area contributed by atoms with Crippen LogP contribution >= 0.6 is 11.6 Å². The van der Waals surface area contributed by atoms with Crippen molar-refractivity contribution in [3.8, 4) is 0 Å². The van der Waals surface area contributed by atoms with Gasteiger partial charge < -0.3 is 5.32 Å². The minimum Gasteiger partial charge on any atom is -0.325 e. The van der Waals surface area contributed by atoms with Gasteiger partial charge in [0, 0.05) is 19.2 Å². The summed E-state index contributed by atoms with van der Waals surface area (Å²) in [6.45, 7) is -0.0140. The van der Waals surface area contributed by atoms with Crippen LogP contribution in [0.25, 0.3) is 0 Å². The van der Waals surface area contributed by atoms with Gasteiger partial charge in [-0.1, -0.05) is 23.8 Å². The van der Waals surface area contributed by atoms with Crippen molar-refractivity contribution in [2.24, 2.45) is 11.8 Å². The zero-order chi connectivity index (χ0) is 19.8. The fourth-order valence-electron chi connectivity index (χ4n) is 3.35. The molecule has 0 radical (unpaired) electrons. The van der Waals surface area contributed by atoms with E-state index >= 15 is 0 Å². The smallest absolute Gasteiger partial charge is 0.233 e. The molecule has 0 saturated carbocycles. The van der Waals surface area contributed by atoms with Crippen LogP contribution in [0, 0.1) is 11.8 Å². The molecule has 3 amide bonds. The minimum atomic E-state index is -3.44. The van der Waals surface area contributed by atoms with E-state index in [1.54, 1.807) is 0 Å². The summed E-state index contributed by atoms with van der Waals surface area (Å²) in [6.07, 6.45) is 5.86. The van der Waals surface area contributed by atoms with Crippen molar-refractivity contribution >= 4 is 44.8 Å². The largest absolute Gasteiger partial charge is 0.325 e. The van der Waals surface area contributed by atoms with Gasteiger partial charge in [0.1, 0.15) is 0 Å². The number of sulfone groups is 1. The van der Waals surface area contributed by atoms with Gasteiger partial charge in [-0.25, -0.2) is 8.42 Å². The average molecular weight is 411 g/mol. The van der Waals surface area contributed by atoms with Crippen molar-refractivity contribution in [3.63, 3.8) is 0 Å². The molecule has 1 N–H and O–H groups in total. The zero-order valence-corrected chi connectivity index (χ0v) is 16.2. The van der Waals surface area contributed by atoms with E-state index in [0.29, 0.717) is 12.8 Å². The summed E-state index contributed by atoms with van der Waals surface area (Å²) in [4.78, 5) is 38.2. The molecule has 27 heavy (non-hydrogen) atoms. The van der Waals surface area contributed by atoms with Crippen LogP contribution in [0.2, 0.25) is 5.02 Å². The third-order valence-corrected chi connectivity index (χ3v) is 6.24. The number of halogens is 1. The van der Waals surface area contributed by atoms with Crippen LogP contribution in [-0.2, 0) is 24.2 Å². The van der Waals surface area contributed by atoms with E-state index in [2.05, 4.69) is 5.32 Å². The summed E-state index contributed by atoms with van der Waals surface area (Å²) in [5, 5.41) is 2.74. The predicted molar refractivity (Wildman–Crippen MR) is 99.9 cm³/mol. The highest BCUT2D eigenvalue weighted by Crippen LogP contribution is 2.35. The van der Waals surface area contributed by atoms with Gasteiger partial charge in [0.25, 0.3) is 0 Å². The molecule has 1 aromatic carbocycles. The molecule has 144 valence electrons. The normalized spacial score (nSPS) is 22.1. The number of allylic oxidation sites excluding steroid dienone is 2. The molecule has 1 fully saturated rings. The standard InChI is InChI=1S/C18H19ClN2O5S/c1-27(25,26)11-6-7-14(19)15(10-11)20-16(22)8-9-21-17(23)12-4-2-3-5-13(12)18(21)24/h2-3,6-7,10,12-13H,4-5,8-9H2,1H3,(H,20,22)/t12-,13-/m1/s1. The number of nitrogens with one attached hydrogen (secondary N) is 1. The molecule has 0 bridgehead atoms. The first-order valence-corrected chi connectivity index (χ1v) is 10.7. The Bertz CT molecular complexity index is 915. The molecule has 3 rings (SSSR count). The number of anilines is 1. The van der Waals surface area contributed by atoms with Crippen molar-refractivity contribution in [1.82, 2.24) is 4.90 Å². The van der Waals surface area contributed by atoms with E-state index < -0.39 is 15.7 Å². The van der Waals surface area contributed by atoms with Crippen LogP contribution in [0.4, 0.5) is 5.69 Å².